The zero-order valence-corrected chi connectivity index (χ0v) is 14.4. The lowest BCUT2D eigenvalue weighted by Gasteiger charge is -1.99. The molecule has 0 unspecified atom stereocenters. The Labute approximate surface area is 156 Å². The van der Waals surface area contributed by atoms with Crippen molar-refractivity contribution in [1.82, 2.24) is 15.4 Å². The Morgan fingerprint density at radius 2 is 1.19 bits per heavy atom. The maximum absolute atomic E-state index is 11.8. The van der Waals surface area contributed by atoms with E-state index in [4.69, 9.17) is 0 Å². The van der Waals surface area contributed by atoms with Crippen LogP contribution in [0.15, 0.2) is 102 Å². The number of hydrogen-bond donors (Lipinski definition) is 1. The maximum atomic E-state index is 11.8. The van der Waals surface area contributed by atoms with Crippen LogP contribution in [0.5, 0.6) is 0 Å². The summed E-state index contributed by atoms with van der Waals surface area (Å²) in [5.41, 5.74) is 2.49. The number of rotatable bonds is 3. The van der Waals surface area contributed by atoms with E-state index in [9.17, 15) is 9.59 Å². The van der Waals surface area contributed by atoms with Gasteiger partial charge in [0.15, 0.2) is 5.78 Å². The van der Waals surface area contributed by atoms with Gasteiger partial charge >= 0.3 is 0 Å². The molecule has 27 heavy (non-hydrogen) atoms. The van der Waals surface area contributed by atoms with Crippen LogP contribution in [-0.4, -0.2) is 21.2 Å². The molecule has 4 rings (SSSR count). The number of aromatic amines is 1. The molecule has 0 fully saturated rings. The van der Waals surface area contributed by atoms with Crippen LogP contribution in [0.1, 0.15) is 15.9 Å². The van der Waals surface area contributed by atoms with Gasteiger partial charge in [0, 0.05) is 16.7 Å². The molecule has 132 valence electrons. The summed E-state index contributed by atoms with van der Waals surface area (Å²) < 4.78 is 0. The third kappa shape index (κ3) is 4.83. The second-order valence-electron chi connectivity index (χ2n) is 5.61. The molecule has 1 aromatic heterocycles. The van der Waals surface area contributed by atoms with Crippen LogP contribution in [0.2, 0.25) is 0 Å². The van der Waals surface area contributed by atoms with Gasteiger partial charge in [0.05, 0.1) is 6.20 Å². The Morgan fingerprint density at radius 3 is 1.67 bits per heavy atom. The van der Waals surface area contributed by atoms with Gasteiger partial charge in [-0.3, -0.25) is 9.59 Å². The Kier molecular flexibility index (Phi) is 5.99. The van der Waals surface area contributed by atoms with Crippen LogP contribution >= 0.6 is 0 Å². The van der Waals surface area contributed by atoms with E-state index >= 15 is 0 Å². The summed E-state index contributed by atoms with van der Waals surface area (Å²) in [6, 6.07) is 27.9. The molecule has 0 atom stereocenters. The number of H-pyrrole nitrogens is 1. The lowest BCUT2D eigenvalue weighted by molar-refractivity contribution is 0.103. The first-order chi connectivity index (χ1) is 13.3. The minimum Gasteiger partial charge on any atom is -0.289 e. The van der Waals surface area contributed by atoms with Crippen LogP contribution in [0.25, 0.3) is 11.3 Å². The summed E-state index contributed by atoms with van der Waals surface area (Å²) in [7, 11) is 0. The zero-order chi connectivity index (χ0) is 18.9. The molecule has 0 radical (unpaired) electrons. The first-order valence-corrected chi connectivity index (χ1v) is 8.36. The summed E-state index contributed by atoms with van der Waals surface area (Å²) in [4.78, 5) is 23.1. The number of ketones is 1. The Hall–Kier alpha value is -3.86. The predicted molar refractivity (Wildman–Crippen MR) is 104 cm³/mol. The summed E-state index contributed by atoms with van der Waals surface area (Å²) >= 11 is 0. The largest absolute Gasteiger partial charge is 0.289 e. The van der Waals surface area contributed by atoms with E-state index in [2.05, 4.69) is 15.4 Å². The molecule has 0 aliphatic heterocycles. The van der Waals surface area contributed by atoms with Crippen molar-refractivity contribution < 1.29 is 4.79 Å². The summed E-state index contributed by atoms with van der Waals surface area (Å²) in [5.74, 6) is 0.0752. The lowest BCUT2D eigenvalue weighted by atomic mass is 10.0. The van der Waals surface area contributed by atoms with Crippen molar-refractivity contribution in [2.24, 2.45) is 0 Å². The van der Waals surface area contributed by atoms with Crippen LogP contribution in [0, 0.1) is 0 Å². The number of carbonyl (C=O) groups is 1. The van der Waals surface area contributed by atoms with Gasteiger partial charge in [-0.05, 0) is 0 Å². The molecule has 1 heterocycles. The minimum absolute atomic E-state index is 0.0752. The molecule has 0 saturated heterocycles. The monoisotopic (exact) mass is 355 g/mol. The van der Waals surface area contributed by atoms with Gasteiger partial charge in [-0.15, -0.1) is 0 Å². The molecule has 5 nitrogen and oxygen atoms in total. The molecule has 0 bridgehead atoms. The van der Waals surface area contributed by atoms with Crippen molar-refractivity contribution in [3.05, 3.63) is 119 Å². The van der Waals surface area contributed by atoms with Crippen molar-refractivity contribution in [3.63, 3.8) is 0 Å². The van der Waals surface area contributed by atoms with Gasteiger partial charge in [0.1, 0.15) is 5.69 Å². The summed E-state index contributed by atoms with van der Waals surface area (Å²) in [6.07, 6.45) is 1.22. The number of benzene rings is 3. The third-order valence-electron chi connectivity index (χ3n) is 3.75. The molecule has 3 aromatic carbocycles. The van der Waals surface area contributed by atoms with Gasteiger partial charge in [0.25, 0.3) is 0 Å². The number of nitrogens with one attached hydrogen (secondary N) is 1. The second-order valence-corrected chi connectivity index (χ2v) is 5.61. The van der Waals surface area contributed by atoms with Gasteiger partial charge < -0.3 is 0 Å². The van der Waals surface area contributed by atoms with Crippen molar-refractivity contribution in [2.45, 2.75) is 0 Å². The van der Waals surface area contributed by atoms with E-state index in [0.29, 0.717) is 5.69 Å². The molecular weight excluding hydrogens is 338 g/mol. The number of nitrogens with zero attached hydrogens (tertiary/aromatic N) is 2. The Morgan fingerprint density at radius 1 is 0.704 bits per heavy atom. The predicted octanol–water partition coefficient (Wildman–Crippen LogP) is 3.75. The van der Waals surface area contributed by atoms with Gasteiger partial charge in [0.2, 0.25) is 5.43 Å². The fourth-order valence-corrected chi connectivity index (χ4v) is 2.43. The molecule has 0 aliphatic rings. The molecule has 0 saturated carbocycles. The fraction of sp³-hybridized carbons (Fsp3) is 0. The van der Waals surface area contributed by atoms with Gasteiger partial charge in [-0.2, -0.15) is 15.4 Å². The highest BCUT2D eigenvalue weighted by atomic mass is 16.1. The highest BCUT2D eigenvalue weighted by Gasteiger charge is 2.06. The highest BCUT2D eigenvalue weighted by Crippen LogP contribution is 2.10. The quantitative estimate of drug-likeness (QED) is 0.568. The zero-order valence-electron chi connectivity index (χ0n) is 14.4. The van der Waals surface area contributed by atoms with Crippen LogP contribution in [-0.2, 0) is 0 Å². The number of aromatic nitrogens is 3. The maximum Gasteiger partial charge on any atom is 0.226 e. The van der Waals surface area contributed by atoms with Crippen molar-refractivity contribution in [3.8, 4) is 11.3 Å². The van der Waals surface area contributed by atoms with E-state index in [-0.39, 0.29) is 11.2 Å². The molecule has 5 heteroatoms. The van der Waals surface area contributed by atoms with Crippen LogP contribution < -0.4 is 5.43 Å². The SMILES string of the molecule is O=C(c1ccccc1)c1ccccc1.O=c1cn[nH]nc1-c1ccccc1. The first-order valence-electron chi connectivity index (χ1n) is 8.36. The first kappa shape index (κ1) is 17.9. The molecule has 4 aromatic rings. The van der Waals surface area contributed by atoms with Gasteiger partial charge in [-0.25, -0.2) is 0 Å². The third-order valence-corrected chi connectivity index (χ3v) is 3.75. The fourth-order valence-electron chi connectivity index (χ4n) is 2.43. The van der Waals surface area contributed by atoms with E-state index in [1.807, 2.05) is 91.0 Å². The van der Waals surface area contributed by atoms with Crippen LogP contribution in [0.4, 0.5) is 0 Å². The molecular formula is C22H17N3O2. The average Bonchev–Trinajstić information content (AvgIpc) is 2.76. The summed E-state index contributed by atoms with van der Waals surface area (Å²) in [6.45, 7) is 0. The lowest BCUT2D eigenvalue weighted by Crippen LogP contribution is -2.08. The standard InChI is InChI=1S/C13H10O.C9H7N3O/c14-13(11-7-3-1-4-8-11)12-9-5-2-6-10-12;13-8-6-10-12-11-9(8)7-4-2-1-3-5-7/h1-10H;1-6H,(H,12,13). The topological polar surface area (TPSA) is 75.7 Å². The minimum atomic E-state index is -0.176. The van der Waals surface area contributed by atoms with E-state index in [1.165, 1.54) is 6.20 Å². The van der Waals surface area contributed by atoms with Crippen LogP contribution in [0.3, 0.4) is 0 Å². The average molecular weight is 355 g/mol. The smallest absolute Gasteiger partial charge is 0.226 e. The Balaban J connectivity index is 0.000000156. The summed E-state index contributed by atoms with van der Waals surface area (Å²) in [5, 5.41) is 9.72. The number of carbonyl (C=O) groups excluding carboxylic acids is 1. The van der Waals surface area contributed by atoms with E-state index in [0.717, 1.165) is 16.7 Å². The Bertz CT molecular complexity index is 1010. The second kappa shape index (κ2) is 9.01. The van der Waals surface area contributed by atoms with Crippen molar-refractivity contribution in [2.75, 3.05) is 0 Å². The number of hydrogen-bond acceptors (Lipinski definition) is 4. The van der Waals surface area contributed by atoms with Crippen molar-refractivity contribution >= 4 is 5.78 Å². The van der Waals surface area contributed by atoms with Crippen molar-refractivity contribution in [1.29, 1.82) is 0 Å². The molecule has 0 amide bonds. The molecule has 0 aliphatic carbocycles. The van der Waals surface area contributed by atoms with Gasteiger partial charge in [-0.1, -0.05) is 91.0 Å². The highest BCUT2D eigenvalue weighted by molar-refractivity contribution is 6.08. The molecule has 0 spiro atoms. The van der Waals surface area contributed by atoms with E-state index in [1.54, 1.807) is 0 Å². The molecule has 1 N–H and O–H groups in total. The van der Waals surface area contributed by atoms with E-state index < -0.39 is 0 Å². The normalized spacial score (nSPS) is 9.78.